The van der Waals surface area contributed by atoms with Gasteiger partial charge in [0.15, 0.2) is 0 Å². The van der Waals surface area contributed by atoms with Crippen LogP contribution >= 0.6 is 0 Å². The molecular formula is C14H20N2O2S. The molecule has 1 saturated heterocycles. The molecule has 0 amide bonds. The molecule has 5 heteroatoms. The SMILES string of the molecule is O=S(=O)(c1ccccc1)N(C1CC1)C1CCCCN1. The molecule has 1 aliphatic carbocycles. The monoisotopic (exact) mass is 280 g/mol. The van der Waals surface area contributed by atoms with Gasteiger partial charge in [0.05, 0.1) is 11.1 Å². The molecule has 1 atom stereocenters. The molecule has 0 radical (unpaired) electrons. The van der Waals surface area contributed by atoms with Gasteiger partial charge in [-0.3, -0.25) is 0 Å². The number of hydrogen-bond donors (Lipinski definition) is 1. The Hall–Kier alpha value is -0.910. The summed E-state index contributed by atoms with van der Waals surface area (Å²) >= 11 is 0. The summed E-state index contributed by atoms with van der Waals surface area (Å²) in [6.07, 6.45) is 5.12. The first-order valence-corrected chi connectivity index (χ1v) is 8.45. The quantitative estimate of drug-likeness (QED) is 0.917. The van der Waals surface area contributed by atoms with Gasteiger partial charge in [0.25, 0.3) is 0 Å². The summed E-state index contributed by atoms with van der Waals surface area (Å²) in [5, 5.41) is 3.36. The normalized spacial score (nSPS) is 24.6. The Morgan fingerprint density at radius 2 is 1.79 bits per heavy atom. The van der Waals surface area contributed by atoms with Crippen LogP contribution in [0.4, 0.5) is 0 Å². The first-order valence-electron chi connectivity index (χ1n) is 7.01. The van der Waals surface area contributed by atoms with Crippen LogP contribution in [0.25, 0.3) is 0 Å². The predicted molar refractivity (Wildman–Crippen MR) is 74.1 cm³/mol. The van der Waals surface area contributed by atoms with Gasteiger partial charge in [0.1, 0.15) is 0 Å². The molecular weight excluding hydrogens is 260 g/mol. The van der Waals surface area contributed by atoms with Crippen molar-refractivity contribution in [3.05, 3.63) is 30.3 Å². The van der Waals surface area contributed by atoms with Crippen LogP contribution in [0.2, 0.25) is 0 Å². The van der Waals surface area contributed by atoms with Crippen molar-refractivity contribution in [2.45, 2.75) is 49.2 Å². The van der Waals surface area contributed by atoms with E-state index in [2.05, 4.69) is 5.32 Å². The first kappa shape index (κ1) is 13.1. The maximum Gasteiger partial charge on any atom is 0.244 e. The zero-order chi connectivity index (χ0) is 13.3. The van der Waals surface area contributed by atoms with E-state index in [-0.39, 0.29) is 12.2 Å². The molecule has 0 spiro atoms. The highest BCUT2D eigenvalue weighted by Crippen LogP contribution is 2.35. The van der Waals surface area contributed by atoms with E-state index in [1.807, 2.05) is 6.07 Å². The van der Waals surface area contributed by atoms with Gasteiger partial charge in [-0.2, -0.15) is 4.31 Å². The highest BCUT2D eigenvalue weighted by Gasteiger charge is 2.42. The van der Waals surface area contributed by atoms with Crippen molar-refractivity contribution in [2.75, 3.05) is 6.54 Å². The van der Waals surface area contributed by atoms with Crippen LogP contribution < -0.4 is 5.32 Å². The minimum Gasteiger partial charge on any atom is -0.301 e. The number of sulfonamides is 1. The molecule has 1 N–H and O–H groups in total. The Bertz CT molecular complexity index is 520. The number of hydrogen-bond acceptors (Lipinski definition) is 3. The van der Waals surface area contributed by atoms with Crippen LogP contribution in [0, 0.1) is 0 Å². The van der Waals surface area contributed by atoms with Crippen molar-refractivity contribution in [1.29, 1.82) is 0 Å². The fraction of sp³-hybridized carbons (Fsp3) is 0.571. The summed E-state index contributed by atoms with van der Waals surface area (Å²) < 4.78 is 27.3. The van der Waals surface area contributed by atoms with Gasteiger partial charge >= 0.3 is 0 Å². The van der Waals surface area contributed by atoms with Crippen molar-refractivity contribution < 1.29 is 8.42 Å². The smallest absolute Gasteiger partial charge is 0.244 e. The van der Waals surface area contributed by atoms with E-state index in [0.717, 1.165) is 38.6 Å². The van der Waals surface area contributed by atoms with Gasteiger partial charge in [0, 0.05) is 6.04 Å². The first-order chi connectivity index (χ1) is 9.19. The third-order valence-electron chi connectivity index (χ3n) is 3.82. The Morgan fingerprint density at radius 3 is 2.37 bits per heavy atom. The van der Waals surface area contributed by atoms with Crippen molar-refractivity contribution in [2.24, 2.45) is 0 Å². The molecule has 104 valence electrons. The summed E-state index contributed by atoms with van der Waals surface area (Å²) in [6, 6.07) is 8.99. The Labute approximate surface area is 114 Å². The molecule has 4 nitrogen and oxygen atoms in total. The van der Waals surface area contributed by atoms with E-state index in [4.69, 9.17) is 0 Å². The minimum absolute atomic E-state index is 0.0218. The van der Waals surface area contributed by atoms with Crippen LogP contribution in [0.5, 0.6) is 0 Å². The van der Waals surface area contributed by atoms with Crippen molar-refractivity contribution >= 4 is 10.0 Å². The number of piperidine rings is 1. The summed E-state index contributed by atoms with van der Waals surface area (Å²) in [7, 11) is -3.37. The molecule has 1 aliphatic heterocycles. The van der Waals surface area contributed by atoms with E-state index in [0.29, 0.717) is 4.90 Å². The summed E-state index contributed by atoms with van der Waals surface area (Å²) in [4.78, 5) is 0.411. The third-order valence-corrected chi connectivity index (χ3v) is 5.79. The Kier molecular flexibility index (Phi) is 3.60. The standard InChI is InChI=1S/C14H20N2O2S/c17-19(18,13-6-2-1-3-7-13)16(12-9-10-12)14-8-4-5-11-15-14/h1-3,6-7,12,14-15H,4-5,8-11H2. The molecule has 0 aromatic heterocycles. The van der Waals surface area contributed by atoms with Gasteiger partial charge in [0.2, 0.25) is 10.0 Å². The Balaban J connectivity index is 1.91. The summed E-state index contributed by atoms with van der Waals surface area (Å²) in [5.74, 6) is 0. The van der Waals surface area contributed by atoms with Crippen molar-refractivity contribution in [3.63, 3.8) is 0 Å². The van der Waals surface area contributed by atoms with E-state index in [9.17, 15) is 8.42 Å². The largest absolute Gasteiger partial charge is 0.301 e. The fourth-order valence-corrected chi connectivity index (χ4v) is 4.57. The summed E-state index contributed by atoms with van der Waals surface area (Å²) in [5.41, 5.74) is 0. The van der Waals surface area contributed by atoms with Gasteiger partial charge in [-0.25, -0.2) is 8.42 Å². The second-order valence-electron chi connectivity index (χ2n) is 5.34. The zero-order valence-electron chi connectivity index (χ0n) is 11.0. The number of nitrogens with one attached hydrogen (secondary N) is 1. The van der Waals surface area contributed by atoms with Crippen LogP contribution in [0.15, 0.2) is 35.2 Å². The van der Waals surface area contributed by atoms with Crippen LogP contribution in [-0.2, 0) is 10.0 Å². The molecule has 1 saturated carbocycles. The van der Waals surface area contributed by atoms with Gasteiger partial charge < -0.3 is 5.32 Å². The predicted octanol–water partition coefficient (Wildman–Crippen LogP) is 1.94. The molecule has 3 rings (SSSR count). The van der Waals surface area contributed by atoms with Crippen LogP contribution in [0.1, 0.15) is 32.1 Å². The van der Waals surface area contributed by atoms with E-state index in [1.165, 1.54) is 0 Å². The molecule has 1 aromatic rings. The lowest BCUT2D eigenvalue weighted by molar-refractivity contribution is 0.223. The number of rotatable bonds is 4. The van der Waals surface area contributed by atoms with Crippen molar-refractivity contribution in [3.8, 4) is 0 Å². The average Bonchev–Trinajstić information content (AvgIpc) is 3.25. The lowest BCUT2D eigenvalue weighted by atomic mass is 10.1. The second-order valence-corrected chi connectivity index (χ2v) is 7.19. The van der Waals surface area contributed by atoms with Crippen LogP contribution in [0.3, 0.4) is 0 Å². The highest BCUT2D eigenvalue weighted by atomic mass is 32.2. The fourth-order valence-electron chi connectivity index (χ4n) is 2.71. The molecule has 1 heterocycles. The van der Waals surface area contributed by atoms with Crippen molar-refractivity contribution in [1.82, 2.24) is 9.62 Å². The number of nitrogens with zero attached hydrogens (tertiary/aromatic N) is 1. The lowest BCUT2D eigenvalue weighted by Crippen LogP contribution is -2.51. The molecule has 19 heavy (non-hydrogen) atoms. The highest BCUT2D eigenvalue weighted by molar-refractivity contribution is 7.89. The van der Waals surface area contributed by atoms with Gasteiger partial charge in [-0.1, -0.05) is 18.2 Å². The maximum absolute atomic E-state index is 12.8. The molecule has 1 unspecified atom stereocenters. The minimum atomic E-state index is -3.37. The Morgan fingerprint density at radius 1 is 1.05 bits per heavy atom. The molecule has 1 aromatic carbocycles. The molecule has 0 bridgehead atoms. The van der Waals surface area contributed by atoms with E-state index >= 15 is 0 Å². The van der Waals surface area contributed by atoms with E-state index < -0.39 is 10.0 Å². The third kappa shape index (κ3) is 2.68. The van der Waals surface area contributed by atoms with Gasteiger partial charge in [-0.05, 0) is 50.8 Å². The molecule has 2 aliphatic rings. The van der Waals surface area contributed by atoms with Crippen LogP contribution in [-0.4, -0.2) is 31.5 Å². The van der Waals surface area contributed by atoms with Gasteiger partial charge in [-0.15, -0.1) is 0 Å². The topological polar surface area (TPSA) is 49.4 Å². The second kappa shape index (κ2) is 5.23. The number of benzene rings is 1. The van der Waals surface area contributed by atoms with E-state index in [1.54, 1.807) is 28.6 Å². The summed E-state index contributed by atoms with van der Waals surface area (Å²) in [6.45, 7) is 0.915. The maximum atomic E-state index is 12.8. The lowest BCUT2D eigenvalue weighted by Gasteiger charge is -2.34. The zero-order valence-corrected chi connectivity index (χ0v) is 11.8. The average molecular weight is 280 g/mol. The molecule has 2 fully saturated rings.